The molecule has 2 aliphatic heterocycles. The fraction of sp³-hybridized carbons (Fsp3) is 0.647. The third-order valence-electron chi connectivity index (χ3n) is 4.81. The molecule has 2 heterocycles. The largest absolute Gasteiger partial charge is 0.493 e. The first kappa shape index (κ1) is 13.9. The van der Waals surface area contributed by atoms with Gasteiger partial charge in [-0.15, -0.1) is 0 Å². The maximum Gasteiger partial charge on any atom is 0.122 e. The molecular weight excluding hydrogens is 248 g/mol. The van der Waals surface area contributed by atoms with Gasteiger partial charge in [-0.3, -0.25) is 0 Å². The van der Waals surface area contributed by atoms with E-state index < -0.39 is 0 Å². The number of rotatable bonds is 4. The average Bonchev–Trinajstić information content (AvgIpc) is 2.90. The first-order valence-corrected chi connectivity index (χ1v) is 7.90. The molecule has 2 aliphatic rings. The summed E-state index contributed by atoms with van der Waals surface area (Å²) in [5, 5.41) is 3.73. The van der Waals surface area contributed by atoms with Gasteiger partial charge in [0.25, 0.3) is 0 Å². The van der Waals surface area contributed by atoms with E-state index in [2.05, 4.69) is 42.4 Å². The lowest BCUT2D eigenvalue weighted by molar-refractivity contribution is 0.169. The van der Waals surface area contributed by atoms with Crippen molar-refractivity contribution in [2.45, 2.75) is 44.7 Å². The van der Waals surface area contributed by atoms with Crippen LogP contribution in [0.2, 0.25) is 0 Å². The Labute approximate surface area is 122 Å². The maximum atomic E-state index is 5.55. The smallest absolute Gasteiger partial charge is 0.122 e. The summed E-state index contributed by atoms with van der Waals surface area (Å²) in [7, 11) is 2.23. The topological polar surface area (TPSA) is 24.5 Å². The fourth-order valence-corrected chi connectivity index (χ4v) is 3.29. The van der Waals surface area contributed by atoms with Crippen molar-refractivity contribution in [3.8, 4) is 5.75 Å². The van der Waals surface area contributed by atoms with Crippen LogP contribution < -0.4 is 10.1 Å². The molecule has 2 atom stereocenters. The van der Waals surface area contributed by atoms with Crippen molar-refractivity contribution in [1.29, 1.82) is 0 Å². The highest BCUT2D eigenvalue weighted by atomic mass is 16.5. The van der Waals surface area contributed by atoms with Crippen molar-refractivity contribution in [3.63, 3.8) is 0 Å². The second-order valence-corrected chi connectivity index (χ2v) is 6.30. The van der Waals surface area contributed by atoms with Crippen LogP contribution in [0.1, 0.15) is 30.9 Å². The van der Waals surface area contributed by atoms with Crippen LogP contribution in [0.25, 0.3) is 0 Å². The minimum Gasteiger partial charge on any atom is -0.493 e. The number of likely N-dealkylation sites (tertiary alicyclic amines) is 1. The Bertz CT molecular complexity index is 460. The highest BCUT2D eigenvalue weighted by Gasteiger charge is 2.22. The summed E-state index contributed by atoms with van der Waals surface area (Å²) in [4.78, 5) is 2.46. The van der Waals surface area contributed by atoms with Gasteiger partial charge in [0.05, 0.1) is 6.61 Å². The van der Waals surface area contributed by atoms with E-state index in [1.54, 1.807) is 0 Å². The SMILES string of the molecule is CC1CC(NCCc2ccc3c(c2)CCO3)CCN1C. The molecule has 0 spiro atoms. The van der Waals surface area contributed by atoms with E-state index in [9.17, 15) is 0 Å². The molecule has 0 amide bonds. The van der Waals surface area contributed by atoms with Crippen LogP contribution in [-0.4, -0.2) is 43.7 Å². The highest BCUT2D eigenvalue weighted by Crippen LogP contribution is 2.26. The average molecular weight is 274 g/mol. The molecule has 1 aromatic carbocycles. The van der Waals surface area contributed by atoms with E-state index in [0.29, 0.717) is 12.1 Å². The van der Waals surface area contributed by atoms with Gasteiger partial charge in [0, 0.05) is 18.5 Å². The Morgan fingerprint density at radius 2 is 2.30 bits per heavy atom. The number of nitrogens with zero attached hydrogens (tertiary/aromatic N) is 1. The van der Waals surface area contributed by atoms with Crippen LogP contribution in [0.3, 0.4) is 0 Å². The van der Waals surface area contributed by atoms with Crippen LogP contribution in [-0.2, 0) is 12.8 Å². The zero-order chi connectivity index (χ0) is 13.9. The standard InChI is InChI=1S/C17H26N2O/c1-13-11-16(6-9-19(13)2)18-8-5-14-3-4-17-15(12-14)7-10-20-17/h3-4,12-13,16,18H,5-11H2,1-2H3. The third kappa shape index (κ3) is 3.15. The molecule has 1 saturated heterocycles. The van der Waals surface area contributed by atoms with Crippen molar-refractivity contribution >= 4 is 0 Å². The van der Waals surface area contributed by atoms with Gasteiger partial charge in [-0.25, -0.2) is 0 Å². The summed E-state index contributed by atoms with van der Waals surface area (Å²) < 4.78 is 5.55. The predicted molar refractivity (Wildman–Crippen MR) is 82.5 cm³/mol. The molecule has 1 fully saturated rings. The third-order valence-corrected chi connectivity index (χ3v) is 4.81. The highest BCUT2D eigenvalue weighted by molar-refractivity contribution is 5.39. The number of hydrogen-bond acceptors (Lipinski definition) is 3. The molecule has 3 rings (SSSR count). The van der Waals surface area contributed by atoms with E-state index in [-0.39, 0.29) is 0 Å². The summed E-state index contributed by atoms with van der Waals surface area (Å²) in [5.41, 5.74) is 2.82. The van der Waals surface area contributed by atoms with Crippen molar-refractivity contribution in [3.05, 3.63) is 29.3 Å². The number of benzene rings is 1. The van der Waals surface area contributed by atoms with Crippen molar-refractivity contribution in [1.82, 2.24) is 10.2 Å². The Morgan fingerprint density at radius 3 is 3.15 bits per heavy atom. The van der Waals surface area contributed by atoms with Crippen molar-refractivity contribution < 1.29 is 4.74 Å². The molecule has 3 heteroatoms. The summed E-state index contributed by atoms with van der Waals surface area (Å²) in [6, 6.07) is 8.07. The zero-order valence-electron chi connectivity index (χ0n) is 12.7. The molecule has 110 valence electrons. The van der Waals surface area contributed by atoms with Gasteiger partial charge in [0.1, 0.15) is 5.75 Å². The molecule has 3 nitrogen and oxygen atoms in total. The van der Waals surface area contributed by atoms with E-state index in [1.165, 1.54) is 30.5 Å². The number of fused-ring (bicyclic) bond motifs is 1. The van der Waals surface area contributed by atoms with Crippen LogP contribution in [0, 0.1) is 0 Å². The van der Waals surface area contributed by atoms with Gasteiger partial charge in [-0.05, 0) is 63.5 Å². The first-order valence-electron chi connectivity index (χ1n) is 7.90. The summed E-state index contributed by atoms with van der Waals surface area (Å²) in [6.07, 6.45) is 4.74. The summed E-state index contributed by atoms with van der Waals surface area (Å²) in [5.74, 6) is 1.09. The fourth-order valence-electron chi connectivity index (χ4n) is 3.29. The first-order chi connectivity index (χ1) is 9.72. The molecule has 0 aliphatic carbocycles. The normalized spacial score (nSPS) is 26.3. The van der Waals surface area contributed by atoms with E-state index in [0.717, 1.165) is 31.7 Å². The number of piperidine rings is 1. The van der Waals surface area contributed by atoms with Crippen molar-refractivity contribution in [2.75, 3.05) is 26.7 Å². The van der Waals surface area contributed by atoms with Gasteiger partial charge < -0.3 is 15.0 Å². The van der Waals surface area contributed by atoms with Gasteiger partial charge in [0.2, 0.25) is 0 Å². The quantitative estimate of drug-likeness (QED) is 0.911. The Kier molecular flexibility index (Phi) is 4.27. The van der Waals surface area contributed by atoms with Crippen LogP contribution in [0.4, 0.5) is 0 Å². The lowest BCUT2D eigenvalue weighted by Gasteiger charge is -2.35. The zero-order valence-corrected chi connectivity index (χ0v) is 12.7. The minimum atomic E-state index is 0.693. The van der Waals surface area contributed by atoms with Gasteiger partial charge in [-0.1, -0.05) is 12.1 Å². The van der Waals surface area contributed by atoms with Gasteiger partial charge in [0.15, 0.2) is 0 Å². The Balaban J connectivity index is 1.46. The number of nitrogens with one attached hydrogen (secondary N) is 1. The molecular formula is C17H26N2O. The molecule has 2 unspecified atom stereocenters. The summed E-state index contributed by atoms with van der Waals surface area (Å²) in [6.45, 7) is 5.48. The molecule has 0 bridgehead atoms. The molecule has 0 saturated carbocycles. The van der Waals surface area contributed by atoms with Crippen LogP contribution >= 0.6 is 0 Å². The van der Waals surface area contributed by atoms with Crippen LogP contribution in [0.5, 0.6) is 5.75 Å². The monoisotopic (exact) mass is 274 g/mol. The maximum absolute atomic E-state index is 5.55. The van der Waals surface area contributed by atoms with E-state index >= 15 is 0 Å². The number of hydrogen-bond donors (Lipinski definition) is 1. The summed E-state index contributed by atoms with van der Waals surface area (Å²) >= 11 is 0. The van der Waals surface area contributed by atoms with Crippen molar-refractivity contribution in [2.24, 2.45) is 0 Å². The van der Waals surface area contributed by atoms with Gasteiger partial charge >= 0.3 is 0 Å². The lowest BCUT2D eigenvalue weighted by atomic mass is 9.98. The number of ether oxygens (including phenoxy) is 1. The molecule has 0 aromatic heterocycles. The Hall–Kier alpha value is -1.06. The minimum absolute atomic E-state index is 0.693. The molecule has 20 heavy (non-hydrogen) atoms. The van der Waals surface area contributed by atoms with Gasteiger partial charge in [-0.2, -0.15) is 0 Å². The van der Waals surface area contributed by atoms with E-state index in [1.807, 2.05) is 0 Å². The second kappa shape index (κ2) is 6.15. The Morgan fingerprint density at radius 1 is 1.40 bits per heavy atom. The second-order valence-electron chi connectivity index (χ2n) is 6.30. The lowest BCUT2D eigenvalue weighted by Crippen LogP contribution is -2.46. The van der Waals surface area contributed by atoms with Crippen LogP contribution in [0.15, 0.2) is 18.2 Å². The molecule has 0 radical (unpaired) electrons. The molecule has 1 N–H and O–H groups in total. The van der Waals surface area contributed by atoms with E-state index in [4.69, 9.17) is 4.74 Å². The molecule has 1 aromatic rings. The predicted octanol–water partition coefficient (Wildman–Crippen LogP) is 2.24.